The molecule has 2 atom stereocenters. The summed E-state index contributed by atoms with van der Waals surface area (Å²) in [5.41, 5.74) is 3.40. The Kier molecular flexibility index (Phi) is 5.15. The highest BCUT2D eigenvalue weighted by molar-refractivity contribution is 5.93. The van der Waals surface area contributed by atoms with Gasteiger partial charge in [0.25, 0.3) is 5.91 Å². The van der Waals surface area contributed by atoms with Crippen molar-refractivity contribution in [2.75, 3.05) is 33.8 Å². The summed E-state index contributed by atoms with van der Waals surface area (Å²) < 4.78 is 8.05. The number of benzene rings is 1. The van der Waals surface area contributed by atoms with Crippen molar-refractivity contribution >= 4 is 11.6 Å². The number of likely N-dealkylation sites (N-methyl/N-ethyl adjacent to an activating group) is 1. The predicted molar refractivity (Wildman–Crippen MR) is 108 cm³/mol. The number of morpholine rings is 1. The molecule has 0 unspecified atom stereocenters. The first kappa shape index (κ1) is 18.7. The van der Waals surface area contributed by atoms with E-state index in [1.807, 2.05) is 72.9 Å². The third kappa shape index (κ3) is 3.53. The molecule has 0 saturated carbocycles. The maximum Gasteiger partial charge on any atom is 0.274 e. The molecular weight excluding hydrogens is 352 g/mol. The molecule has 1 aliphatic heterocycles. The summed E-state index contributed by atoms with van der Waals surface area (Å²) in [4.78, 5) is 22.1. The Bertz CT molecular complexity index is 967. The lowest BCUT2D eigenvalue weighted by Gasteiger charge is -2.42. The predicted octanol–water partition coefficient (Wildman–Crippen LogP) is 2.79. The van der Waals surface area contributed by atoms with Gasteiger partial charge in [0.1, 0.15) is 11.3 Å². The molecule has 4 rings (SSSR count). The highest BCUT2D eigenvalue weighted by atomic mass is 16.5. The number of fused-ring (bicyclic) bond motifs is 1. The zero-order valence-electron chi connectivity index (χ0n) is 16.6. The maximum atomic E-state index is 13.5. The van der Waals surface area contributed by atoms with Gasteiger partial charge in [0.05, 0.1) is 18.8 Å². The Morgan fingerprint density at radius 1 is 1.18 bits per heavy atom. The number of amides is 1. The van der Waals surface area contributed by atoms with E-state index in [4.69, 9.17) is 4.74 Å². The number of carbonyl (C=O) groups is 1. The van der Waals surface area contributed by atoms with Crippen LogP contribution in [0.3, 0.4) is 0 Å². The van der Waals surface area contributed by atoms with Gasteiger partial charge in [-0.2, -0.15) is 0 Å². The Morgan fingerprint density at radius 2 is 1.96 bits per heavy atom. The van der Waals surface area contributed by atoms with Gasteiger partial charge < -0.3 is 18.9 Å². The van der Waals surface area contributed by atoms with Gasteiger partial charge in [-0.15, -0.1) is 0 Å². The van der Waals surface area contributed by atoms with Crippen LogP contribution in [-0.4, -0.2) is 65.0 Å². The van der Waals surface area contributed by atoms with Crippen LogP contribution in [0.15, 0.2) is 54.7 Å². The molecule has 0 N–H and O–H groups in total. The number of aryl methyl sites for hydroxylation is 1. The van der Waals surface area contributed by atoms with Gasteiger partial charge in [-0.3, -0.25) is 4.79 Å². The number of hydrogen-bond donors (Lipinski definition) is 0. The van der Waals surface area contributed by atoms with Crippen molar-refractivity contribution < 1.29 is 9.53 Å². The summed E-state index contributed by atoms with van der Waals surface area (Å²) in [6.07, 6.45) is 1.75. The molecule has 1 aromatic carbocycles. The number of imidazole rings is 1. The number of nitrogens with zero attached hydrogens (tertiary/aromatic N) is 4. The van der Waals surface area contributed by atoms with E-state index in [-0.39, 0.29) is 18.1 Å². The quantitative estimate of drug-likeness (QED) is 0.701. The van der Waals surface area contributed by atoms with Crippen LogP contribution in [0.25, 0.3) is 5.65 Å². The minimum Gasteiger partial charge on any atom is -0.373 e. The largest absolute Gasteiger partial charge is 0.373 e. The summed E-state index contributed by atoms with van der Waals surface area (Å²) >= 11 is 0. The van der Waals surface area contributed by atoms with Gasteiger partial charge in [-0.25, -0.2) is 4.98 Å². The van der Waals surface area contributed by atoms with Crippen molar-refractivity contribution in [3.8, 4) is 0 Å². The lowest BCUT2D eigenvalue weighted by atomic mass is 9.97. The van der Waals surface area contributed by atoms with E-state index >= 15 is 0 Å². The minimum atomic E-state index is -0.143. The Labute approximate surface area is 165 Å². The second-order valence-electron chi connectivity index (χ2n) is 7.55. The third-order valence-corrected chi connectivity index (χ3v) is 5.21. The summed E-state index contributed by atoms with van der Waals surface area (Å²) in [5.74, 6) is -0.0518. The second kappa shape index (κ2) is 7.73. The van der Waals surface area contributed by atoms with Gasteiger partial charge in [-0.05, 0) is 38.7 Å². The molecule has 1 aliphatic rings. The van der Waals surface area contributed by atoms with Crippen molar-refractivity contribution in [2.45, 2.75) is 19.1 Å². The van der Waals surface area contributed by atoms with Crippen LogP contribution in [0.5, 0.6) is 0 Å². The molecule has 3 heterocycles. The van der Waals surface area contributed by atoms with E-state index in [0.29, 0.717) is 18.8 Å². The average molecular weight is 378 g/mol. The van der Waals surface area contributed by atoms with E-state index in [0.717, 1.165) is 23.4 Å². The zero-order chi connectivity index (χ0) is 19.7. The lowest BCUT2D eigenvalue weighted by molar-refractivity contribution is -0.0685. The molecular formula is C22H26N4O2. The fraction of sp³-hybridized carbons (Fsp3) is 0.364. The van der Waals surface area contributed by atoms with Crippen LogP contribution < -0.4 is 0 Å². The van der Waals surface area contributed by atoms with E-state index in [2.05, 4.69) is 22.0 Å². The summed E-state index contributed by atoms with van der Waals surface area (Å²) in [7, 11) is 4.05. The molecule has 1 fully saturated rings. The standard InChI is InChI=1S/C22H26N4O2/c1-16-8-7-11-20-23-18(14-26(16)20)22(27)25-12-13-28-19(15-24(2)3)21(25)17-9-5-4-6-10-17/h4-11,14,19,21H,12-13,15H2,1-3H3/t19-,21-/m0/s1. The lowest BCUT2D eigenvalue weighted by Crippen LogP contribution is -2.51. The fourth-order valence-corrected chi connectivity index (χ4v) is 3.92. The number of pyridine rings is 1. The van der Waals surface area contributed by atoms with Crippen LogP contribution in [0.4, 0.5) is 0 Å². The molecule has 3 aromatic rings. The first-order valence-corrected chi connectivity index (χ1v) is 9.61. The molecule has 0 aliphatic carbocycles. The highest BCUT2D eigenvalue weighted by Gasteiger charge is 2.37. The first-order chi connectivity index (χ1) is 13.5. The summed E-state index contributed by atoms with van der Waals surface area (Å²) in [6.45, 7) is 3.83. The molecule has 6 nitrogen and oxygen atoms in total. The molecule has 2 aromatic heterocycles. The average Bonchev–Trinajstić information content (AvgIpc) is 3.13. The zero-order valence-corrected chi connectivity index (χ0v) is 16.6. The van der Waals surface area contributed by atoms with Crippen LogP contribution in [-0.2, 0) is 4.74 Å². The summed E-state index contributed by atoms with van der Waals surface area (Å²) in [6, 6.07) is 15.9. The van der Waals surface area contributed by atoms with Gasteiger partial charge in [0.15, 0.2) is 0 Å². The summed E-state index contributed by atoms with van der Waals surface area (Å²) in [5, 5.41) is 0. The van der Waals surface area contributed by atoms with Crippen LogP contribution in [0, 0.1) is 6.92 Å². The van der Waals surface area contributed by atoms with E-state index in [1.54, 1.807) is 0 Å². The van der Waals surface area contributed by atoms with E-state index in [1.165, 1.54) is 0 Å². The number of carbonyl (C=O) groups excluding carboxylic acids is 1. The SMILES string of the molecule is Cc1cccc2nc(C(=O)N3CCO[C@@H](CN(C)C)[C@@H]3c3ccccc3)cn12. The van der Waals surface area contributed by atoms with Crippen molar-refractivity contribution in [1.29, 1.82) is 0 Å². The van der Waals surface area contributed by atoms with Crippen LogP contribution >= 0.6 is 0 Å². The molecule has 6 heteroatoms. The van der Waals surface area contributed by atoms with E-state index in [9.17, 15) is 4.79 Å². The first-order valence-electron chi connectivity index (χ1n) is 9.61. The molecule has 1 amide bonds. The highest BCUT2D eigenvalue weighted by Crippen LogP contribution is 2.31. The molecule has 0 radical (unpaired) electrons. The van der Waals surface area contributed by atoms with Gasteiger partial charge in [0.2, 0.25) is 0 Å². The topological polar surface area (TPSA) is 50.1 Å². The van der Waals surface area contributed by atoms with Crippen molar-refractivity contribution in [3.05, 3.63) is 71.7 Å². The number of hydrogen-bond acceptors (Lipinski definition) is 4. The molecule has 1 saturated heterocycles. The number of ether oxygens (including phenoxy) is 1. The van der Waals surface area contributed by atoms with Gasteiger partial charge in [-0.1, -0.05) is 36.4 Å². The minimum absolute atomic E-state index is 0.0518. The van der Waals surface area contributed by atoms with Gasteiger partial charge >= 0.3 is 0 Å². The van der Waals surface area contributed by atoms with E-state index < -0.39 is 0 Å². The van der Waals surface area contributed by atoms with Crippen molar-refractivity contribution in [2.24, 2.45) is 0 Å². The van der Waals surface area contributed by atoms with Gasteiger partial charge in [0, 0.05) is 25.0 Å². The number of rotatable bonds is 4. The fourth-order valence-electron chi connectivity index (χ4n) is 3.92. The molecule has 28 heavy (non-hydrogen) atoms. The van der Waals surface area contributed by atoms with Crippen LogP contribution in [0.2, 0.25) is 0 Å². The van der Waals surface area contributed by atoms with Crippen molar-refractivity contribution in [1.82, 2.24) is 19.2 Å². The normalized spacial score (nSPS) is 20.1. The van der Waals surface area contributed by atoms with Crippen molar-refractivity contribution in [3.63, 3.8) is 0 Å². The number of aromatic nitrogens is 2. The molecule has 146 valence electrons. The monoisotopic (exact) mass is 378 g/mol. The Hall–Kier alpha value is -2.70. The molecule has 0 spiro atoms. The smallest absolute Gasteiger partial charge is 0.274 e. The Balaban J connectivity index is 1.71. The Morgan fingerprint density at radius 3 is 2.68 bits per heavy atom. The van der Waals surface area contributed by atoms with Crippen LogP contribution in [0.1, 0.15) is 27.8 Å². The maximum absolute atomic E-state index is 13.5. The third-order valence-electron chi connectivity index (χ3n) is 5.21. The molecule has 0 bridgehead atoms. The second-order valence-corrected chi connectivity index (χ2v) is 7.55.